The molecule has 0 bridgehead atoms. The maximum Gasteiger partial charge on any atom is 0.416 e. The molecule has 0 radical (unpaired) electrons. The first-order valence-electron chi connectivity index (χ1n) is 9.44. The Balaban J connectivity index is 1.68. The molecule has 156 valence electrons. The number of carbonyl (C=O) groups excluding carboxylic acids is 2. The molecule has 1 fully saturated rings. The van der Waals surface area contributed by atoms with Gasteiger partial charge in [0.2, 0.25) is 5.91 Å². The van der Waals surface area contributed by atoms with E-state index in [4.69, 9.17) is 4.74 Å². The maximum absolute atomic E-state index is 13.2. The average Bonchev–Trinajstić information content (AvgIpc) is 3.12. The van der Waals surface area contributed by atoms with Crippen LogP contribution < -0.4 is 5.32 Å². The second-order valence-corrected chi connectivity index (χ2v) is 7.28. The van der Waals surface area contributed by atoms with E-state index in [1.807, 2.05) is 0 Å². The Hall–Kier alpha value is -3.13. The van der Waals surface area contributed by atoms with E-state index >= 15 is 0 Å². The molecule has 2 atom stereocenters. The van der Waals surface area contributed by atoms with Crippen molar-refractivity contribution in [2.45, 2.75) is 24.7 Å². The van der Waals surface area contributed by atoms with Crippen molar-refractivity contribution in [2.24, 2.45) is 0 Å². The molecule has 0 spiro atoms. The summed E-state index contributed by atoms with van der Waals surface area (Å²) in [6.07, 6.45) is -2.77. The van der Waals surface area contributed by atoms with Gasteiger partial charge in [0, 0.05) is 13.0 Å². The first-order valence-corrected chi connectivity index (χ1v) is 9.44. The fourth-order valence-electron chi connectivity index (χ4n) is 3.85. The topological polar surface area (TPSA) is 58.6 Å². The van der Waals surface area contributed by atoms with Crippen molar-refractivity contribution in [1.82, 2.24) is 4.90 Å². The van der Waals surface area contributed by atoms with E-state index in [1.165, 1.54) is 17.0 Å². The Morgan fingerprint density at radius 1 is 1.17 bits per heavy atom. The number of carbonyl (C=O) groups is 2. The normalized spacial score (nSPS) is 21.0. The summed E-state index contributed by atoms with van der Waals surface area (Å²) in [4.78, 5) is 27.3. The molecule has 2 heterocycles. The molecule has 0 saturated carbocycles. The molecule has 1 saturated heterocycles. The Labute approximate surface area is 171 Å². The highest BCUT2D eigenvalue weighted by molar-refractivity contribution is 6.10. The number of amides is 2. The van der Waals surface area contributed by atoms with Crippen molar-refractivity contribution in [2.75, 3.05) is 18.5 Å². The highest BCUT2D eigenvalue weighted by Crippen LogP contribution is 2.35. The summed E-state index contributed by atoms with van der Waals surface area (Å²) in [5.41, 5.74) is 0.612. The van der Waals surface area contributed by atoms with Gasteiger partial charge in [0.05, 0.1) is 29.5 Å². The zero-order valence-corrected chi connectivity index (χ0v) is 15.9. The van der Waals surface area contributed by atoms with Gasteiger partial charge in [-0.15, -0.1) is 6.58 Å². The molecule has 2 aromatic carbocycles. The van der Waals surface area contributed by atoms with Crippen LogP contribution in [0.25, 0.3) is 11.1 Å². The van der Waals surface area contributed by atoms with E-state index in [1.54, 1.807) is 24.3 Å². The van der Waals surface area contributed by atoms with Gasteiger partial charge in [0.25, 0.3) is 5.91 Å². The van der Waals surface area contributed by atoms with Crippen LogP contribution in [0.4, 0.5) is 18.9 Å². The Morgan fingerprint density at radius 2 is 1.93 bits per heavy atom. The van der Waals surface area contributed by atoms with Gasteiger partial charge in [-0.25, -0.2) is 0 Å². The van der Waals surface area contributed by atoms with Crippen LogP contribution in [-0.4, -0.2) is 42.0 Å². The first-order chi connectivity index (χ1) is 14.3. The minimum absolute atomic E-state index is 0.241. The van der Waals surface area contributed by atoms with Gasteiger partial charge in [-0.2, -0.15) is 13.2 Å². The molecule has 30 heavy (non-hydrogen) atoms. The summed E-state index contributed by atoms with van der Waals surface area (Å²) in [5, 5.41) is 2.76. The van der Waals surface area contributed by atoms with Gasteiger partial charge in [0.15, 0.2) is 0 Å². The van der Waals surface area contributed by atoms with E-state index in [0.717, 1.165) is 12.1 Å². The van der Waals surface area contributed by atoms with E-state index in [9.17, 15) is 22.8 Å². The Morgan fingerprint density at radius 3 is 2.67 bits per heavy atom. The molecule has 0 aliphatic carbocycles. The van der Waals surface area contributed by atoms with E-state index in [-0.39, 0.29) is 30.0 Å². The smallest absolute Gasteiger partial charge is 0.372 e. The number of alkyl halides is 3. The summed E-state index contributed by atoms with van der Waals surface area (Å²) in [6.45, 7) is 4.17. The summed E-state index contributed by atoms with van der Waals surface area (Å²) in [7, 11) is 0. The summed E-state index contributed by atoms with van der Waals surface area (Å²) < 4.78 is 44.8. The lowest BCUT2D eigenvalue weighted by Gasteiger charge is -2.20. The maximum atomic E-state index is 13.2. The predicted molar refractivity (Wildman–Crippen MR) is 105 cm³/mol. The molecule has 5 nitrogen and oxygen atoms in total. The number of rotatable bonds is 4. The van der Waals surface area contributed by atoms with Crippen LogP contribution in [0.15, 0.2) is 55.1 Å². The molecular weight excluding hydrogens is 397 g/mol. The summed E-state index contributed by atoms with van der Waals surface area (Å²) >= 11 is 0. The largest absolute Gasteiger partial charge is 0.416 e. The van der Waals surface area contributed by atoms with E-state index in [0.29, 0.717) is 29.8 Å². The Kier molecular flexibility index (Phi) is 5.11. The second-order valence-electron chi connectivity index (χ2n) is 7.28. The zero-order chi connectivity index (χ0) is 21.5. The van der Waals surface area contributed by atoms with E-state index in [2.05, 4.69) is 11.9 Å². The quantitative estimate of drug-likeness (QED) is 0.764. The Bertz CT molecular complexity index is 1020. The van der Waals surface area contributed by atoms with Crippen LogP contribution in [0.5, 0.6) is 0 Å². The lowest BCUT2D eigenvalue weighted by atomic mass is 9.99. The number of ether oxygens (including phenoxy) is 1. The molecule has 2 aliphatic rings. The number of nitrogens with zero attached hydrogens (tertiary/aromatic N) is 1. The van der Waals surface area contributed by atoms with E-state index < -0.39 is 17.8 Å². The van der Waals surface area contributed by atoms with Crippen LogP contribution in [0.2, 0.25) is 0 Å². The number of hydrogen-bond acceptors (Lipinski definition) is 3. The number of fused-ring (bicyclic) bond motifs is 2. The fraction of sp³-hybridized carbons (Fsp3) is 0.273. The molecule has 0 aromatic heterocycles. The highest BCUT2D eigenvalue weighted by atomic mass is 19.4. The SMILES string of the molecule is C=CCO[C@H]1C[C@@H]2C(=O)Nc3ccc(-c4cccc(C(F)(F)F)c4)cc3C(=O)N2C1. The third-order valence-corrected chi connectivity index (χ3v) is 5.31. The monoisotopic (exact) mass is 416 g/mol. The number of hydrogen-bond donors (Lipinski definition) is 1. The summed E-state index contributed by atoms with van der Waals surface area (Å²) in [5.74, 6) is -0.662. The van der Waals surface area contributed by atoms with Gasteiger partial charge in [0.1, 0.15) is 6.04 Å². The standard InChI is InChI=1S/C22H19F3N2O3/c1-2-8-30-16-11-19-20(28)26-18-7-6-14(10-17(18)21(29)27(19)12-16)13-4-3-5-15(9-13)22(23,24)25/h2-7,9-10,16,19H,1,8,11-12H2,(H,26,28)/t16-,19+/m0/s1. The highest BCUT2D eigenvalue weighted by Gasteiger charge is 2.43. The molecule has 8 heteroatoms. The van der Waals surface area contributed by atoms with Crippen molar-refractivity contribution in [3.05, 3.63) is 66.2 Å². The van der Waals surface area contributed by atoms with Crippen LogP contribution in [0.3, 0.4) is 0 Å². The minimum atomic E-state index is -4.46. The predicted octanol–water partition coefficient (Wildman–Crippen LogP) is 4.11. The lowest BCUT2D eigenvalue weighted by Crippen LogP contribution is -2.40. The van der Waals surface area contributed by atoms with Crippen LogP contribution in [-0.2, 0) is 15.7 Å². The van der Waals surface area contributed by atoms with Crippen LogP contribution in [0, 0.1) is 0 Å². The van der Waals surface area contributed by atoms with Gasteiger partial charge in [-0.3, -0.25) is 9.59 Å². The van der Waals surface area contributed by atoms with Gasteiger partial charge in [-0.05, 0) is 35.4 Å². The summed E-state index contributed by atoms with van der Waals surface area (Å²) in [6, 6.07) is 8.92. The van der Waals surface area contributed by atoms with Gasteiger partial charge in [-0.1, -0.05) is 24.3 Å². The number of nitrogens with one attached hydrogen (secondary N) is 1. The van der Waals surface area contributed by atoms with Crippen molar-refractivity contribution in [3.63, 3.8) is 0 Å². The molecule has 2 aromatic rings. The average molecular weight is 416 g/mol. The number of halogens is 3. The number of benzene rings is 2. The molecular formula is C22H19F3N2O3. The second kappa shape index (κ2) is 7.60. The molecule has 0 unspecified atom stereocenters. The van der Waals surface area contributed by atoms with Crippen molar-refractivity contribution in [3.8, 4) is 11.1 Å². The van der Waals surface area contributed by atoms with Crippen molar-refractivity contribution < 1.29 is 27.5 Å². The first kappa shape index (κ1) is 20.2. The third kappa shape index (κ3) is 3.70. The molecule has 1 N–H and O–H groups in total. The van der Waals surface area contributed by atoms with Crippen molar-refractivity contribution in [1.29, 1.82) is 0 Å². The van der Waals surface area contributed by atoms with Gasteiger partial charge >= 0.3 is 6.18 Å². The fourth-order valence-corrected chi connectivity index (χ4v) is 3.85. The molecule has 2 amide bonds. The van der Waals surface area contributed by atoms with Crippen LogP contribution >= 0.6 is 0 Å². The minimum Gasteiger partial charge on any atom is -0.372 e. The molecule has 4 rings (SSSR count). The van der Waals surface area contributed by atoms with Crippen molar-refractivity contribution >= 4 is 17.5 Å². The molecule has 2 aliphatic heterocycles. The third-order valence-electron chi connectivity index (χ3n) is 5.31. The van der Waals surface area contributed by atoms with Crippen LogP contribution in [0.1, 0.15) is 22.3 Å². The number of anilines is 1. The lowest BCUT2D eigenvalue weighted by molar-refractivity contribution is -0.137. The van der Waals surface area contributed by atoms with Gasteiger partial charge < -0.3 is 15.0 Å². The zero-order valence-electron chi connectivity index (χ0n) is 15.9.